The zero-order chi connectivity index (χ0) is 28.2. The summed E-state index contributed by atoms with van der Waals surface area (Å²) < 4.78 is 5.25. The van der Waals surface area contributed by atoms with E-state index in [0.717, 1.165) is 61.7 Å². The van der Waals surface area contributed by atoms with Crippen LogP contribution in [0.1, 0.15) is 16.7 Å². The number of aliphatic imine (C=N–C) groups is 3. The normalized spacial score (nSPS) is 15.2. The van der Waals surface area contributed by atoms with Gasteiger partial charge in [0, 0.05) is 37.2 Å². The molecule has 3 aliphatic heterocycles. The second-order valence-corrected chi connectivity index (χ2v) is 9.64. The number of guanidine groups is 2. The molecule has 3 aromatic carbocycles. The van der Waals surface area contributed by atoms with Crippen LogP contribution in [0.4, 0.5) is 17.1 Å². The van der Waals surface area contributed by atoms with E-state index >= 15 is 0 Å². The van der Waals surface area contributed by atoms with Gasteiger partial charge in [-0.1, -0.05) is 54.6 Å². The van der Waals surface area contributed by atoms with Crippen molar-refractivity contribution in [3.8, 4) is 0 Å². The highest BCUT2D eigenvalue weighted by molar-refractivity contribution is 5.95. The first-order valence-corrected chi connectivity index (χ1v) is 13.7. The van der Waals surface area contributed by atoms with Crippen molar-refractivity contribution in [1.29, 1.82) is 0 Å². The van der Waals surface area contributed by atoms with Crippen molar-refractivity contribution in [2.75, 3.05) is 62.3 Å². The number of ether oxygens (including phenoxy) is 1. The predicted molar refractivity (Wildman–Crippen MR) is 168 cm³/mol. The minimum Gasteiger partial charge on any atom is -0.463 e. The lowest BCUT2D eigenvalue weighted by atomic mass is 10.2. The molecule has 4 N–H and O–H groups in total. The Morgan fingerprint density at radius 3 is 1.73 bits per heavy atom. The Morgan fingerprint density at radius 1 is 0.675 bits per heavy atom. The van der Waals surface area contributed by atoms with Crippen molar-refractivity contribution in [2.45, 2.75) is 20.8 Å². The van der Waals surface area contributed by atoms with Crippen molar-refractivity contribution in [3.05, 3.63) is 89.5 Å². The molecule has 0 atom stereocenters. The quantitative estimate of drug-likeness (QED) is 0.379. The van der Waals surface area contributed by atoms with Gasteiger partial charge in [0.2, 0.25) is 0 Å². The van der Waals surface area contributed by atoms with E-state index in [0.29, 0.717) is 12.6 Å². The monoisotopic (exact) mass is 540 g/mol. The van der Waals surface area contributed by atoms with Crippen LogP contribution < -0.4 is 21.3 Å². The zero-order valence-electron chi connectivity index (χ0n) is 23.9. The van der Waals surface area contributed by atoms with Gasteiger partial charge in [-0.15, -0.1) is 0 Å². The minimum atomic E-state index is 0.634. The van der Waals surface area contributed by atoms with Crippen molar-refractivity contribution in [1.82, 2.24) is 10.2 Å². The van der Waals surface area contributed by atoms with Crippen LogP contribution in [0.15, 0.2) is 87.8 Å². The average Bonchev–Trinajstić information content (AvgIpc) is 3.74. The standard InChI is InChI=1S/C11H15N3.C10H13N3.C10H12N2O/c1-9-5-3-4-6-10(9)13-11-12-7-8-14(11)2;1-8-4-2-3-5-9(8)13-10-11-6-7-12-10;1-8-4-2-3-5-9(8)12-10-11-6-7-13-10/h3-6H,7-8H2,1-2H3,(H,12,13);2-5H,6-7H2,1H3,(H2,11,12,13);2-5H,6-7H2,1H3,(H,11,12). The number of benzene rings is 3. The molecule has 0 saturated carbocycles. The smallest absolute Gasteiger partial charge is 0.289 e. The average molecular weight is 541 g/mol. The summed E-state index contributed by atoms with van der Waals surface area (Å²) in [5.74, 6) is 1.86. The van der Waals surface area contributed by atoms with Crippen LogP contribution >= 0.6 is 0 Å². The van der Waals surface area contributed by atoms with Crippen molar-refractivity contribution in [3.63, 3.8) is 0 Å². The van der Waals surface area contributed by atoms with E-state index in [1.807, 2.05) is 42.5 Å². The molecule has 3 aromatic rings. The molecule has 0 amide bonds. The topological polar surface area (TPSA) is 97.7 Å². The lowest BCUT2D eigenvalue weighted by Crippen LogP contribution is -2.29. The largest absolute Gasteiger partial charge is 0.463 e. The molecule has 210 valence electrons. The molecule has 0 radical (unpaired) electrons. The third-order valence-electron chi connectivity index (χ3n) is 6.49. The SMILES string of the molecule is Cc1ccccc1NC1=NCCN1.Cc1ccccc1NC1=NCCN1C.Cc1ccccc1NC1=NCCO1. The molecule has 0 saturated heterocycles. The molecular weight excluding hydrogens is 500 g/mol. The number of nitrogens with zero attached hydrogens (tertiary/aromatic N) is 4. The fourth-order valence-corrected chi connectivity index (χ4v) is 4.06. The van der Waals surface area contributed by atoms with Gasteiger partial charge >= 0.3 is 0 Å². The Balaban J connectivity index is 0.000000139. The number of amidine groups is 1. The number of likely N-dealkylation sites (N-methyl/N-ethyl adjacent to an activating group) is 1. The van der Waals surface area contributed by atoms with E-state index in [-0.39, 0.29) is 0 Å². The summed E-state index contributed by atoms with van der Waals surface area (Å²) in [5, 5.41) is 12.9. The number of hydrogen-bond acceptors (Lipinski definition) is 9. The van der Waals surface area contributed by atoms with Crippen LogP contribution in [0.25, 0.3) is 0 Å². The number of hydrogen-bond donors (Lipinski definition) is 4. The predicted octanol–water partition coefficient (Wildman–Crippen LogP) is 4.87. The maximum absolute atomic E-state index is 5.25. The molecule has 3 heterocycles. The molecule has 9 heteroatoms. The summed E-state index contributed by atoms with van der Waals surface area (Å²) in [4.78, 5) is 14.9. The number of anilines is 3. The van der Waals surface area contributed by atoms with Gasteiger partial charge in [-0.3, -0.25) is 9.98 Å². The van der Waals surface area contributed by atoms with Crippen molar-refractivity contribution in [2.24, 2.45) is 15.0 Å². The number of aryl methyl sites for hydroxylation is 3. The molecule has 0 fully saturated rings. The van der Waals surface area contributed by atoms with Gasteiger partial charge in [-0.2, -0.15) is 0 Å². The first kappa shape index (κ1) is 28.5. The Kier molecular flexibility index (Phi) is 10.4. The highest BCUT2D eigenvalue weighted by Gasteiger charge is 2.12. The number of para-hydroxylation sites is 3. The molecule has 0 spiro atoms. The van der Waals surface area contributed by atoms with Gasteiger partial charge in [0.05, 0.1) is 19.6 Å². The van der Waals surface area contributed by atoms with Crippen LogP contribution in [-0.2, 0) is 4.74 Å². The number of rotatable bonds is 3. The maximum Gasteiger partial charge on any atom is 0.289 e. The van der Waals surface area contributed by atoms with Gasteiger partial charge < -0.3 is 30.9 Å². The highest BCUT2D eigenvalue weighted by atomic mass is 16.5. The molecule has 0 aliphatic carbocycles. The summed E-state index contributed by atoms with van der Waals surface area (Å²) in [5.41, 5.74) is 6.99. The van der Waals surface area contributed by atoms with Crippen LogP contribution in [0.2, 0.25) is 0 Å². The minimum absolute atomic E-state index is 0.634. The van der Waals surface area contributed by atoms with Crippen LogP contribution in [-0.4, -0.2) is 69.2 Å². The van der Waals surface area contributed by atoms with Crippen LogP contribution in [0.5, 0.6) is 0 Å². The van der Waals surface area contributed by atoms with Gasteiger partial charge in [-0.05, 0) is 55.7 Å². The van der Waals surface area contributed by atoms with Crippen LogP contribution in [0.3, 0.4) is 0 Å². The second-order valence-electron chi connectivity index (χ2n) is 9.64. The molecular formula is C31H40N8O. The molecule has 3 aliphatic rings. The third kappa shape index (κ3) is 8.49. The Bertz CT molecular complexity index is 1280. The Hall–Kier alpha value is -4.53. The van der Waals surface area contributed by atoms with Crippen LogP contribution in [0, 0.1) is 20.8 Å². The second kappa shape index (κ2) is 14.6. The third-order valence-corrected chi connectivity index (χ3v) is 6.49. The Morgan fingerprint density at radius 2 is 1.25 bits per heavy atom. The van der Waals surface area contributed by atoms with Gasteiger partial charge in [0.1, 0.15) is 6.61 Å². The molecule has 0 bridgehead atoms. The lowest BCUT2D eigenvalue weighted by Gasteiger charge is -2.16. The maximum atomic E-state index is 5.25. The van der Waals surface area contributed by atoms with E-state index in [1.165, 1.54) is 16.7 Å². The molecule has 0 aromatic heterocycles. The van der Waals surface area contributed by atoms with Gasteiger partial charge in [0.25, 0.3) is 6.02 Å². The van der Waals surface area contributed by atoms with Crippen molar-refractivity contribution >= 4 is 35.0 Å². The van der Waals surface area contributed by atoms with E-state index < -0.39 is 0 Å². The fourth-order valence-electron chi connectivity index (χ4n) is 4.06. The zero-order valence-corrected chi connectivity index (χ0v) is 23.9. The summed E-state index contributed by atoms with van der Waals surface area (Å²) in [6.45, 7) is 11.4. The first-order valence-electron chi connectivity index (χ1n) is 13.7. The summed E-state index contributed by atoms with van der Waals surface area (Å²) >= 11 is 0. The molecule has 6 rings (SSSR count). The summed E-state index contributed by atoms with van der Waals surface area (Å²) in [6.07, 6.45) is 0. The van der Waals surface area contributed by atoms with E-state index in [9.17, 15) is 0 Å². The van der Waals surface area contributed by atoms with Crippen molar-refractivity contribution < 1.29 is 4.74 Å². The summed E-state index contributed by atoms with van der Waals surface area (Å²) in [6, 6.07) is 25.1. The van der Waals surface area contributed by atoms with Gasteiger partial charge in [0.15, 0.2) is 11.9 Å². The van der Waals surface area contributed by atoms with E-state index in [1.54, 1.807) is 0 Å². The molecule has 40 heavy (non-hydrogen) atoms. The molecule has 0 unspecified atom stereocenters. The van der Waals surface area contributed by atoms with Gasteiger partial charge in [-0.25, -0.2) is 4.99 Å². The highest BCUT2D eigenvalue weighted by Crippen LogP contribution is 2.16. The lowest BCUT2D eigenvalue weighted by molar-refractivity contribution is 0.346. The Labute approximate surface area is 237 Å². The summed E-state index contributed by atoms with van der Waals surface area (Å²) in [7, 11) is 2.05. The number of nitrogens with one attached hydrogen (secondary N) is 4. The molecule has 9 nitrogen and oxygen atoms in total. The first-order chi connectivity index (χ1) is 19.5. The van der Waals surface area contributed by atoms with E-state index in [4.69, 9.17) is 4.74 Å². The fraction of sp³-hybridized carbons (Fsp3) is 0.323. The van der Waals surface area contributed by atoms with E-state index in [2.05, 4.69) is 99.3 Å².